The highest BCUT2D eigenvalue weighted by Gasteiger charge is 2.06. The lowest BCUT2D eigenvalue weighted by atomic mass is 10.1. The normalized spacial score (nSPS) is 10.6. The lowest BCUT2D eigenvalue weighted by Gasteiger charge is -2.03. The molecule has 1 aromatic heterocycles. The summed E-state index contributed by atoms with van der Waals surface area (Å²) in [4.78, 5) is 12.1. The van der Waals surface area contributed by atoms with Gasteiger partial charge in [0.1, 0.15) is 5.82 Å². The summed E-state index contributed by atoms with van der Waals surface area (Å²) < 4.78 is 15.6. The van der Waals surface area contributed by atoms with Crippen molar-refractivity contribution in [1.82, 2.24) is 9.78 Å². The highest BCUT2D eigenvalue weighted by atomic mass is 79.9. The minimum atomic E-state index is -0.264. The van der Waals surface area contributed by atoms with Crippen molar-refractivity contribution in [2.45, 2.75) is 13.0 Å². The van der Waals surface area contributed by atoms with Gasteiger partial charge in [-0.25, -0.2) is 4.39 Å². The molecule has 2 aromatic carbocycles. The molecule has 3 rings (SSSR count). The van der Waals surface area contributed by atoms with Crippen LogP contribution in [-0.4, -0.2) is 15.7 Å². The minimum absolute atomic E-state index is 0.0985. The fourth-order valence-corrected chi connectivity index (χ4v) is 2.55. The van der Waals surface area contributed by atoms with Crippen LogP contribution in [0.25, 0.3) is 0 Å². The fourth-order valence-electron chi connectivity index (χ4n) is 2.28. The van der Waals surface area contributed by atoms with Crippen LogP contribution in [0.1, 0.15) is 11.1 Å². The van der Waals surface area contributed by atoms with Gasteiger partial charge in [-0.15, -0.1) is 0 Å². The highest BCUT2D eigenvalue weighted by Crippen LogP contribution is 2.13. The molecule has 0 atom stereocenters. The third kappa shape index (κ3) is 4.52. The Morgan fingerprint density at radius 1 is 1.08 bits per heavy atom. The molecule has 0 aliphatic carbocycles. The number of hydrogen-bond donors (Lipinski definition) is 1. The smallest absolute Gasteiger partial charge is 0.228 e. The maximum atomic E-state index is 12.9. The van der Waals surface area contributed by atoms with Gasteiger partial charge in [0.15, 0.2) is 0 Å². The molecule has 0 aliphatic heterocycles. The van der Waals surface area contributed by atoms with Gasteiger partial charge >= 0.3 is 0 Å². The Balaban J connectivity index is 1.58. The molecule has 122 valence electrons. The zero-order valence-corrected chi connectivity index (χ0v) is 14.3. The van der Waals surface area contributed by atoms with Crippen molar-refractivity contribution in [2.24, 2.45) is 0 Å². The van der Waals surface area contributed by atoms with Crippen LogP contribution in [0.2, 0.25) is 0 Å². The van der Waals surface area contributed by atoms with Crippen molar-refractivity contribution >= 4 is 27.5 Å². The van der Waals surface area contributed by atoms with Crippen LogP contribution in [-0.2, 0) is 17.8 Å². The van der Waals surface area contributed by atoms with Crippen LogP contribution in [0.15, 0.2) is 65.4 Å². The molecule has 1 heterocycles. The van der Waals surface area contributed by atoms with Crippen LogP contribution in [0.5, 0.6) is 0 Å². The summed E-state index contributed by atoms with van der Waals surface area (Å²) in [6.45, 7) is 0.517. The Morgan fingerprint density at radius 3 is 2.46 bits per heavy atom. The summed E-state index contributed by atoms with van der Waals surface area (Å²) in [7, 11) is 0. The Morgan fingerprint density at radius 2 is 1.75 bits per heavy atom. The largest absolute Gasteiger partial charge is 0.323 e. The molecule has 1 N–H and O–H groups in total. The van der Waals surface area contributed by atoms with Crippen molar-refractivity contribution in [1.29, 1.82) is 0 Å². The van der Waals surface area contributed by atoms with Gasteiger partial charge in [0.25, 0.3) is 0 Å². The predicted octanol–water partition coefficient (Wildman–Crippen LogP) is 4.01. The number of benzene rings is 2. The molecule has 6 heteroatoms. The first kappa shape index (κ1) is 16.4. The van der Waals surface area contributed by atoms with Crippen molar-refractivity contribution in [3.05, 3.63) is 82.3 Å². The number of nitrogens with zero attached hydrogens (tertiary/aromatic N) is 2. The van der Waals surface area contributed by atoms with E-state index in [4.69, 9.17) is 0 Å². The minimum Gasteiger partial charge on any atom is -0.323 e. The summed E-state index contributed by atoms with van der Waals surface area (Å²) in [6.07, 6.45) is 3.66. The average Bonchev–Trinajstić information content (AvgIpc) is 2.99. The number of aromatic nitrogens is 2. The molecule has 4 nitrogen and oxygen atoms in total. The van der Waals surface area contributed by atoms with Gasteiger partial charge < -0.3 is 5.32 Å². The second-order valence-corrected chi connectivity index (χ2v) is 6.32. The number of nitrogens with one attached hydrogen (secondary N) is 1. The van der Waals surface area contributed by atoms with Crippen molar-refractivity contribution in [3.8, 4) is 0 Å². The monoisotopic (exact) mass is 387 g/mol. The van der Waals surface area contributed by atoms with E-state index >= 15 is 0 Å². The van der Waals surface area contributed by atoms with Gasteiger partial charge in [0.05, 0.1) is 24.8 Å². The third-order valence-corrected chi connectivity index (χ3v) is 3.98. The summed E-state index contributed by atoms with van der Waals surface area (Å²) >= 11 is 3.37. The molecule has 3 aromatic rings. The first-order valence-electron chi connectivity index (χ1n) is 7.40. The first-order valence-corrected chi connectivity index (χ1v) is 8.19. The summed E-state index contributed by atoms with van der Waals surface area (Å²) in [5.74, 6) is -0.362. The van der Waals surface area contributed by atoms with Crippen LogP contribution < -0.4 is 5.32 Å². The van der Waals surface area contributed by atoms with Crippen molar-refractivity contribution in [3.63, 3.8) is 0 Å². The van der Waals surface area contributed by atoms with E-state index in [2.05, 4.69) is 26.3 Å². The molecular weight excluding hydrogens is 373 g/mol. The number of anilines is 1. The molecule has 0 fully saturated rings. The Hall–Kier alpha value is -2.47. The number of rotatable bonds is 5. The molecule has 0 radical (unpaired) electrons. The van der Waals surface area contributed by atoms with Crippen LogP contribution in [0, 0.1) is 5.82 Å². The van der Waals surface area contributed by atoms with Gasteiger partial charge in [0, 0.05) is 10.7 Å². The summed E-state index contributed by atoms with van der Waals surface area (Å²) in [5.41, 5.74) is 2.51. The van der Waals surface area contributed by atoms with E-state index in [1.165, 1.54) is 12.1 Å². The van der Waals surface area contributed by atoms with E-state index < -0.39 is 0 Å². The maximum Gasteiger partial charge on any atom is 0.228 e. The van der Waals surface area contributed by atoms with E-state index in [0.29, 0.717) is 18.7 Å². The maximum absolute atomic E-state index is 12.9. The quantitative estimate of drug-likeness (QED) is 0.718. The number of carbonyl (C=O) groups is 1. The average molecular weight is 388 g/mol. The van der Waals surface area contributed by atoms with E-state index in [0.717, 1.165) is 15.6 Å². The number of carbonyl (C=O) groups excluding carboxylic acids is 1. The number of amides is 1. The molecule has 0 unspecified atom stereocenters. The van der Waals surface area contributed by atoms with Gasteiger partial charge in [0.2, 0.25) is 5.91 Å². The molecular formula is C18H15BrFN3O. The topological polar surface area (TPSA) is 46.9 Å². The molecule has 0 saturated carbocycles. The number of hydrogen-bond acceptors (Lipinski definition) is 2. The molecule has 0 saturated heterocycles. The molecule has 24 heavy (non-hydrogen) atoms. The Labute approximate surface area is 147 Å². The Kier molecular flexibility index (Phi) is 5.05. The van der Waals surface area contributed by atoms with E-state index in [9.17, 15) is 9.18 Å². The molecule has 0 bridgehead atoms. The van der Waals surface area contributed by atoms with Gasteiger partial charge in [-0.1, -0.05) is 40.2 Å². The predicted molar refractivity (Wildman–Crippen MR) is 94.2 cm³/mol. The van der Waals surface area contributed by atoms with Crippen LogP contribution in [0.4, 0.5) is 10.1 Å². The Bertz CT molecular complexity index is 828. The van der Waals surface area contributed by atoms with E-state index in [1.807, 2.05) is 24.3 Å². The van der Waals surface area contributed by atoms with Crippen molar-refractivity contribution in [2.75, 3.05) is 5.32 Å². The molecule has 0 spiro atoms. The second kappa shape index (κ2) is 7.40. The lowest BCUT2D eigenvalue weighted by molar-refractivity contribution is -0.115. The molecule has 0 aliphatic rings. The number of halogens is 2. The summed E-state index contributed by atoms with van der Waals surface area (Å²) in [6, 6.07) is 13.9. The lowest BCUT2D eigenvalue weighted by Crippen LogP contribution is -2.13. The van der Waals surface area contributed by atoms with Crippen molar-refractivity contribution < 1.29 is 9.18 Å². The fraction of sp³-hybridized carbons (Fsp3) is 0.111. The SMILES string of the molecule is O=C(Cc1ccc(Br)cc1)Nc1cnn(Cc2ccc(F)cc2)c1. The standard InChI is InChI=1S/C18H15BrFN3O/c19-15-5-1-13(2-6-15)9-18(24)22-17-10-21-23(12-17)11-14-3-7-16(20)8-4-14/h1-8,10,12H,9,11H2,(H,22,24). The van der Waals surface area contributed by atoms with Gasteiger partial charge in [-0.3, -0.25) is 9.48 Å². The van der Waals surface area contributed by atoms with Gasteiger partial charge in [-0.05, 0) is 35.4 Å². The zero-order valence-electron chi connectivity index (χ0n) is 12.7. The van der Waals surface area contributed by atoms with E-state index in [1.54, 1.807) is 29.2 Å². The highest BCUT2D eigenvalue weighted by molar-refractivity contribution is 9.10. The first-order chi connectivity index (χ1) is 11.6. The van der Waals surface area contributed by atoms with Crippen LogP contribution in [0.3, 0.4) is 0 Å². The third-order valence-electron chi connectivity index (χ3n) is 3.45. The van der Waals surface area contributed by atoms with Gasteiger partial charge in [-0.2, -0.15) is 5.10 Å². The molecule has 1 amide bonds. The van der Waals surface area contributed by atoms with E-state index in [-0.39, 0.29) is 11.7 Å². The summed E-state index contributed by atoms with van der Waals surface area (Å²) in [5, 5.41) is 7.03. The second-order valence-electron chi connectivity index (χ2n) is 5.40. The zero-order chi connectivity index (χ0) is 16.9. The van der Waals surface area contributed by atoms with Crippen LogP contribution >= 0.6 is 15.9 Å².